The minimum atomic E-state index is -0.346. The van der Waals surface area contributed by atoms with Gasteiger partial charge in [-0.1, -0.05) is 13.8 Å². The molecule has 0 aromatic heterocycles. The molecule has 1 heterocycles. The van der Waals surface area contributed by atoms with Gasteiger partial charge in [0.2, 0.25) is 5.91 Å². The van der Waals surface area contributed by atoms with E-state index in [1.165, 1.54) is 12.2 Å². The Morgan fingerprint density at radius 1 is 1.31 bits per heavy atom. The standard InChI is InChI=1S/C11H16N2O3/c1-8(2)7-12-9(14)5-6-13-10(15)3-4-11(13)16/h3-4,8H,5-7H2,1-2H3,(H,12,14). The van der Waals surface area contributed by atoms with Crippen molar-refractivity contribution in [2.75, 3.05) is 13.1 Å². The Morgan fingerprint density at radius 2 is 1.88 bits per heavy atom. The highest BCUT2D eigenvalue weighted by atomic mass is 16.2. The van der Waals surface area contributed by atoms with Crippen molar-refractivity contribution in [1.82, 2.24) is 10.2 Å². The van der Waals surface area contributed by atoms with Gasteiger partial charge in [-0.3, -0.25) is 19.3 Å². The number of hydrogen-bond acceptors (Lipinski definition) is 3. The lowest BCUT2D eigenvalue weighted by Gasteiger charge is -2.13. The van der Waals surface area contributed by atoms with Crippen LogP contribution in [-0.2, 0) is 14.4 Å². The Balaban J connectivity index is 2.27. The molecule has 0 saturated heterocycles. The fourth-order valence-corrected chi connectivity index (χ4v) is 1.27. The molecule has 0 radical (unpaired) electrons. The zero-order valence-corrected chi connectivity index (χ0v) is 9.53. The van der Waals surface area contributed by atoms with Crippen LogP contribution >= 0.6 is 0 Å². The summed E-state index contributed by atoms with van der Waals surface area (Å²) in [6.07, 6.45) is 2.59. The van der Waals surface area contributed by atoms with Crippen LogP contribution in [0.15, 0.2) is 12.2 Å². The number of nitrogens with one attached hydrogen (secondary N) is 1. The second kappa shape index (κ2) is 5.44. The van der Waals surface area contributed by atoms with Crippen LogP contribution in [0.1, 0.15) is 20.3 Å². The number of imide groups is 1. The molecule has 0 fully saturated rings. The van der Waals surface area contributed by atoms with Crippen molar-refractivity contribution in [3.63, 3.8) is 0 Å². The molecule has 0 spiro atoms. The average molecular weight is 224 g/mol. The van der Waals surface area contributed by atoms with Crippen molar-refractivity contribution in [3.8, 4) is 0 Å². The highest BCUT2D eigenvalue weighted by Crippen LogP contribution is 2.03. The van der Waals surface area contributed by atoms with E-state index in [1.807, 2.05) is 13.8 Å². The Hall–Kier alpha value is -1.65. The van der Waals surface area contributed by atoms with E-state index in [0.717, 1.165) is 4.90 Å². The summed E-state index contributed by atoms with van der Waals surface area (Å²) >= 11 is 0. The van der Waals surface area contributed by atoms with Gasteiger partial charge in [-0.2, -0.15) is 0 Å². The summed E-state index contributed by atoms with van der Waals surface area (Å²) in [6, 6.07) is 0. The molecule has 16 heavy (non-hydrogen) atoms. The van der Waals surface area contributed by atoms with E-state index in [4.69, 9.17) is 0 Å². The second-order valence-corrected chi connectivity index (χ2v) is 4.11. The number of amides is 3. The first kappa shape index (κ1) is 12.4. The van der Waals surface area contributed by atoms with Crippen LogP contribution in [0.2, 0.25) is 0 Å². The minimum Gasteiger partial charge on any atom is -0.356 e. The maximum Gasteiger partial charge on any atom is 0.253 e. The second-order valence-electron chi connectivity index (χ2n) is 4.11. The lowest BCUT2D eigenvalue weighted by molar-refractivity contribution is -0.137. The van der Waals surface area contributed by atoms with Crippen molar-refractivity contribution in [2.45, 2.75) is 20.3 Å². The zero-order valence-electron chi connectivity index (χ0n) is 9.53. The van der Waals surface area contributed by atoms with Crippen LogP contribution in [0.5, 0.6) is 0 Å². The molecule has 0 aromatic rings. The Kier molecular flexibility index (Phi) is 4.22. The van der Waals surface area contributed by atoms with Crippen molar-refractivity contribution in [3.05, 3.63) is 12.2 Å². The van der Waals surface area contributed by atoms with E-state index in [1.54, 1.807) is 0 Å². The molecule has 1 N–H and O–H groups in total. The Labute approximate surface area is 94.5 Å². The first-order valence-corrected chi connectivity index (χ1v) is 5.31. The molecule has 3 amide bonds. The van der Waals surface area contributed by atoms with E-state index in [9.17, 15) is 14.4 Å². The summed E-state index contributed by atoms with van der Waals surface area (Å²) in [5.74, 6) is -0.440. The average Bonchev–Trinajstić information content (AvgIpc) is 2.53. The highest BCUT2D eigenvalue weighted by molar-refractivity contribution is 6.13. The maximum absolute atomic E-state index is 11.3. The third-order valence-corrected chi connectivity index (χ3v) is 2.17. The van der Waals surface area contributed by atoms with Crippen molar-refractivity contribution >= 4 is 17.7 Å². The summed E-state index contributed by atoms with van der Waals surface area (Å²) in [4.78, 5) is 34.7. The van der Waals surface area contributed by atoms with Gasteiger partial charge in [0, 0.05) is 31.7 Å². The molecule has 1 aliphatic rings. The number of carbonyl (C=O) groups excluding carboxylic acids is 3. The molecule has 0 aromatic carbocycles. The molecule has 5 nitrogen and oxygen atoms in total. The number of hydrogen-bond donors (Lipinski definition) is 1. The lowest BCUT2D eigenvalue weighted by Crippen LogP contribution is -2.35. The van der Waals surface area contributed by atoms with Crippen LogP contribution in [0.25, 0.3) is 0 Å². The van der Waals surface area contributed by atoms with Gasteiger partial charge in [0.1, 0.15) is 0 Å². The van der Waals surface area contributed by atoms with E-state index in [2.05, 4.69) is 5.32 Å². The van der Waals surface area contributed by atoms with Gasteiger partial charge in [0.15, 0.2) is 0 Å². The molecule has 0 aliphatic carbocycles. The van der Waals surface area contributed by atoms with Crippen LogP contribution in [0.4, 0.5) is 0 Å². The third kappa shape index (κ3) is 3.49. The molecule has 1 rings (SSSR count). The van der Waals surface area contributed by atoms with Crippen molar-refractivity contribution in [1.29, 1.82) is 0 Å². The SMILES string of the molecule is CC(C)CNC(=O)CCN1C(=O)C=CC1=O. The molecule has 88 valence electrons. The summed E-state index contributed by atoms with van der Waals surface area (Å²) in [5, 5.41) is 2.73. The largest absolute Gasteiger partial charge is 0.356 e. The molecule has 0 saturated carbocycles. The summed E-state index contributed by atoms with van der Waals surface area (Å²) in [6.45, 7) is 4.75. The van der Waals surface area contributed by atoms with Gasteiger partial charge in [-0.25, -0.2) is 0 Å². The lowest BCUT2D eigenvalue weighted by atomic mass is 10.2. The van der Waals surface area contributed by atoms with Gasteiger partial charge in [0.25, 0.3) is 11.8 Å². The molecule has 0 bridgehead atoms. The van der Waals surface area contributed by atoms with Gasteiger partial charge in [0.05, 0.1) is 0 Å². The Bertz CT molecular complexity index is 316. The predicted molar refractivity (Wildman–Crippen MR) is 58.3 cm³/mol. The highest BCUT2D eigenvalue weighted by Gasteiger charge is 2.23. The number of nitrogens with zero attached hydrogens (tertiary/aromatic N) is 1. The predicted octanol–water partition coefficient (Wildman–Crippen LogP) is 0.0737. The van der Waals surface area contributed by atoms with E-state index >= 15 is 0 Å². The fourth-order valence-electron chi connectivity index (χ4n) is 1.27. The van der Waals surface area contributed by atoms with Crippen LogP contribution in [0.3, 0.4) is 0 Å². The summed E-state index contributed by atoms with van der Waals surface area (Å²) in [7, 11) is 0. The first-order chi connectivity index (χ1) is 7.50. The third-order valence-electron chi connectivity index (χ3n) is 2.17. The van der Waals surface area contributed by atoms with Crippen LogP contribution in [-0.4, -0.2) is 35.7 Å². The quantitative estimate of drug-likeness (QED) is 0.672. The topological polar surface area (TPSA) is 66.5 Å². The molecule has 0 unspecified atom stereocenters. The van der Waals surface area contributed by atoms with E-state index in [0.29, 0.717) is 12.5 Å². The molecular weight excluding hydrogens is 208 g/mol. The monoisotopic (exact) mass is 224 g/mol. The smallest absolute Gasteiger partial charge is 0.253 e. The Morgan fingerprint density at radius 3 is 2.38 bits per heavy atom. The van der Waals surface area contributed by atoms with Gasteiger partial charge in [-0.05, 0) is 5.92 Å². The number of rotatable bonds is 5. The van der Waals surface area contributed by atoms with Gasteiger partial charge >= 0.3 is 0 Å². The van der Waals surface area contributed by atoms with Gasteiger partial charge in [-0.15, -0.1) is 0 Å². The number of carbonyl (C=O) groups is 3. The van der Waals surface area contributed by atoms with E-state index < -0.39 is 0 Å². The van der Waals surface area contributed by atoms with Gasteiger partial charge < -0.3 is 5.32 Å². The molecule has 0 atom stereocenters. The van der Waals surface area contributed by atoms with Crippen molar-refractivity contribution in [2.24, 2.45) is 5.92 Å². The van der Waals surface area contributed by atoms with E-state index in [-0.39, 0.29) is 30.7 Å². The van der Waals surface area contributed by atoms with Crippen molar-refractivity contribution < 1.29 is 14.4 Å². The maximum atomic E-state index is 11.3. The minimum absolute atomic E-state index is 0.138. The summed E-state index contributed by atoms with van der Waals surface area (Å²) in [5.41, 5.74) is 0. The van der Waals surface area contributed by atoms with Crippen LogP contribution < -0.4 is 5.32 Å². The fraction of sp³-hybridized carbons (Fsp3) is 0.545. The first-order valence-electron chi connectivity index (χ1n) is 5.31. The molecule has 1 aliphatic heterocycles. The molecular formula is C11H16N2O3. The molecule has 5 heteroatoms. The normalized spacial score (nSPS) is 15.1. The summed E-state index contributed by atoms with van der Waals surface area (Å²) < 4.78 is 0. The van der Waals surface area contributed by atoms with Crippen LogP contribution in [0, 0.1) is 5.92 Å². The zero-order chi connectivity index (χ0) is 12.1.